The highest BCUT2D eigenvalue weighted by molar-refractivity contribution is 7.20. The number of fused-ring (bicyclic) bond motifs is 1. The quantitative estimate of drug-likeness (QED) is 0.871. The highest BCUT2D eigenvalue weighted by Gasteiger charge is 2.26. The van der Waals surface area contributed by atoms with Gasteiger partial charge >= 0.3 is 11.9 Å². The van der Waals surface area contributed by atoms with Gasteiger partial charge in [0.05, 0.1) is 5.39 Å². The lowest BCUT2D eigenvalue weighted by molar-refractivity contribution is -0.141. The van der Waals surface area contributed by atoms with E-state index in [9.17, 15) is 24.6 Å². The van der Waals surface area contributed by atoms with Crippen molar-refractivity contribution in [2.45, 2.75) is 39.7 Å². The number of nitrogens with zero attached hydrogens (tertiary/aromatic N) is 2. The zero-order chi connectivity index (χ0) is 16.6. The molecule has 1 unspecified atom stereocenters. The molecule has 2 N–H and O–H groups in total. The van der Waals surface area contributed by atoms with Crippen molar-refractivity contribution in [1.29, 1.82) is 0 Å². The first-order valence-electron chi connectivity index (χ1n) is 6.84. The van der Waals surface area contributed by atoms with Crippen molar-refractivity contribution >= 4 is 33.5 Å². The molecule has 118 valence electrons. The van der Waals surface area contributed by atoms with Crippen molar-refractivity contribution in [3.63, 3.8) is 0 Å². The van der Waals surface area contributed by atoms with E-state index in [1.807, 2.05) is 0 Å². The molecule has 0 saturated carbocycles. The number of rotatable bonds is 5. The summed E-state index contributed by atoms with van der Waals surface area (Å²) >= 11 is 0.941. The summed E-state index contributed by atoms with van der Waals surface area (Å²) in [6.45, 7) is 5.00. The number of thiophene rings is 1. The lowest BCUT2D eigenvalue weighted by Crippen LogP contribution is -2.33. The number of aliphatic carboxylic acids is 1. The number of aromatic nitrogens is 2. The van der Waals surface area contributed by atoms with E-state index in [0.717, 1.165) is 11.3 Å². The molecule has 2 aromatic heterocycles. The van der Waals surface area contributed by atoms with Crippen LogP contribution in [0.3, 0.4) is 0 Å². The third kappa shape index (κ3) is 2.39. The molecular formula is C14H16N2O5S. The van der Waals surface area contributed by atoms with Crippen LogP contribution in [0.25, 0.3) is 10.2 Å². The Bertz CT molecular complexity index is 821. The van der Waals surface area contributed by atoms with Gasteiger partial charge in [-0.1, -0.05) is 13.8 Å². The summed E-state index contributed by atoms with van der Waals surface area (Å²) in [6.07, 6.45) is 0.624. The van der Waals surface area contributed by atoms with E-state index in [2.05, 4.69) is 4.98 Å². The van der Waals surface area contributed by atoms with Crippen LogP contribution < -0.4 is 5.56 Å². The summed E-state index contributed by atoms with van der Waals surface area (Å²) < 4.78 is 1.18. The Morgan fingerprint density at radius 2 is 1.95 bits per heavy atom. The van der Waals surface area contributed by atoms with Gasteiger partial charge in [-0.15, -0.1) is 11.3 Å². The van der Waals surface area contributed by atoms with E-state index in [1.165, 1.54) is 4.57 Å². The molecular weight excluding hydrogens is 308 g/mol. The molecule has 2 rings (SSSR count). The van der Waals surface area contributed by atoms with Crippen molar-refractivity contribution in [1.82, 2.24) is 9.55 Å². The van der Waals surface area contributed by atoms with Gasteiger partial charge in [-0.25, -0.2) is 14.6 Å². The average molecular weight is 324 g/mol. The smallest absolute Gasteiger partial charge is 0.346 e. The number of aryl methyl sites for hydroxylation is 2. The highest BCUT2D eigenvalue weighted by Crippen LogP contribution is 2.28. The van der Waals surface area contributed by atoms with Gasteiger partial charge in [0, 0.05) is 6.42 Å². The average Bonchev–Trinajstić information content (AvgIpc) is 2.78. The van der Waals surface area contributed by atoms with Gasteiger partial charge in [0.2, 0.25) is 0 Å². The minimum absolute atomic E-state index is 0.0581. The molecule has 0 fully saturated rings. The Labute approximate surface area is 129 Å². The Hall–Kier alpha value is -2.22. The number of aromatic carboxylic acids is 1. The van der Waals surface area contributed by atoms with Crippen LogP contribution in [-0.4, -0.2) is 31.7 Å². The first-order chi connectivity index (χ1) is 10.3. The molecule has 2 aromatic rings. The van der Waals surface area contributed by atoms with Crippen LogP contribution in [0.1, 0.15) is 47.4 Å². The van der Waals surface area contributed by atoms with Gasteiger partial charge < -0.3 is 10.2 Å². The van der Waals surface area contributed by atoms with Crippen LogP contribution in [0.4, 0.5) is 0 Å². The minimum Gasteiger partial charge on any atom is -0.480 e. The van der Waals surface area contributed by atoms with Crippen LogP contribution >= 0.6 is 11.3 Å². The fourth-order valence-corrected chi connectivity index (χ4v) is 3.51. The summed E-state index contributed by atoms with van der Waals surface area (Å²) in [5.74, 6) is -1.87. The van der Waals surface area contributed by atoms with E-state index in [-0.39, 0.29) is 16.7 Å². The van der Waals surface area contributed by atoms with Crippen LogP contribution in [0.2, 0.25) is 0 Å². The topological polar surface area (TPSA) is 109 Å². The number of carbonyl (C=O) groups is 2. The number of hydrogen-bond acceptors (Lipinski definition) is 5. The standard InChI is InChI=1S/C14H16N2O5S/c1-4-7(13(18)19)16-8(5-2)15-11-9(12(16)17)6(3)10(22-11)14(20)21/h7H,4-5H2,1-3H3,(H,18,19)(H,20,21). The molecule has 0 amide bonds. The summed E-state index contributed by atoms with van der Waals surface area (Å²) in [6, 6.07) is -1.01. The van der Waals surface area contributed by atoms with Gasteiger partial charge in [-0.2, -0.15) is 0 Å². The molecule has 0 aromatic carbocycles. The lowest BCUT2D eigenvalue weighted by atomic mass is 10.1. The SMILES string of the molecule is CCc1nc2sc(C(=O)O)c(C)c2c(=O)n1C(CC)C(=O)O. The summed E-state index contributed by atoms with van der Waals surface area (Å²) in [5, 5.41) is 18.7. The molecule has 1 atom stereocenters. The largest absolute Gasteiger partial charge is 0.480 e. The van der Waals surface area contributed by atoms with E-state index in [4.69, 9.17) is 0 Å². The molecule has 0 bridgehead atoms. The second-order valence-corrected chi connectivity index (χ2v) is 5.86. The van der Waals surface area contributed by atoms with Crippen molar-refractivity contribution in [3.05, 3.63) is 26.6 Å². The molecule has 0 aliphatic carbocycles. The highest BCUT2D eigenvalue weighted by atomic mass is 32.1. The van der Waals surface area contributed by atoms with Gasteiger partial charge in [0.1, 0.15) is 21.6 Å². The van der Waals surface area contributed by atoms with Crippen molar-refractivity contribution < 1.29 is 19.8 Å². The minimum atomic E-state index is -1.12. The molecule has 0 saturated heterocycles. The maximum atomic E-state index is 12.7. The molecule has 7 nitrogen and oxygen atoms in total. The van der Waals surface area contributed by atoms with E-state index in [0.29, 0.717) is 22.6 Å². The van der Waals surface area contributed by atoms with Crippen LogP contribution in [-0.2, 0) is 11.2 Å². The summed E-state index contributed by atoms with van der Waals surface area (Å²) in [7, 11) is 0. The molecule has 0 aliphatic heterocycles. The van der Waals surface area contributed by atoms with Crippen molar-refractivity contribution in [2.75, 3.05) is 0 Å². The van der Waals surface area contributed by atoms with E-state index < -0.39 is 23.5 Å². The predicted molar refractivity (Wildman–Crippen MR) is 81.9 cm³/mol. The van der Waals surface area contributed by atoms with Crippen LogP contribution in [0.15, 0.2) is 4.79 Å². The third-order valence-electron chi connectivity index (χ3n) is 3.56. The molecule has 22 heavy (non-hydrogen) atoms. The van der Waals surface area contributed by atoms with Gasteiger partial charge in [0.25, 0.3) is 5.56 Å². The summed E-state index contributed by atoms with van der Waals surface area (Å²) in [5.41, 5.74) is -0.154. The van der Waals surface area contributed by atoms with Crippen LogP contribution in [0.5, 0.6) is 0 Å². The Kier molecular flexibility index (Phi) is 4.32. The van der Waals surface area contributed by atoms with Gasteiger partial charge in [-0.3, -0.25) is 9.36 Å². The van der Waals surface area contributed by atoms with Crippen molar-refractivity contribution in [2.24, 2.45) is 0 Å². The van der Waals surface area contributed by atoms with Crippen molar-refractivity contribution in [3.8, 4) is 0 Å². The molecule has 0 spiro atoms. The monoisotopic (exact) mass is 324 g/mol. The zero-order valence-corrected chi connectivity index (χ0v) is 13.2. The van der Waals surface area contributed by atoms with Crippen LogP contribution in [0, 0.1) is 6.92 Å². The fraction of sp³-hybridized carbons (Fsp3) is 0.429. The van der Waals surface area contributed by atoms with E-state index in [1.54, 1.807) is 20.8 Å². The molecule has 2 heterocycles. The number of hydrogen-bond donors (Lipinski definition) is 2. The zero-order valence-electron chi connectivity index (χ0n) is 12.4. The normalized spacial score (nSPS) is 12.5. The first kappa shape index (κ1) is 16.2. The molecule has 0 radical (unpaired) electrons. The van der Waals surface area contributed by atoms with Gasteiger partial charge in [0.15, 0.2) is 0 Å². The lowest BCUT2D eigenvalue weighted by Gasteiger charge is -2.17. The summed E-state index contributed by atoms with van der Waals surface area (Å²) in [4.78, 5) is 40.1. The third-order valence-corrected chi connectivity index (χ3v) is 4.74. The Balaban J connectivity index is 2.90. The first-order valence-corrected chi connectivity index (χ1v) is 7.65. The Morgan fingerprint density at radius 3 is 2.41 bits per heavy atom. The second-order valence-electron chi connectivity index (χ2n) is 4.86. The van der Waals surface area contributed by atoms with Gasteiger partial charge in [-0.05, 0) is 18.9 Å². The predicted octanol–water partition coefficient (Wildman–Crippen LogP) is 2.06. The molecule has 8 heteroatoms. The number of carboxylic acid groups (broad SMARTS) is 2. The fourth-order valence-electron chi connectivity index (χ4n) is 2.48. The second kappa shape index (κ2) is 5.88. The number of carboxylic acids is 2. The molecule has 0 aliphatic rings. The van der Waals surface area contributed by atoms with E-state index >= 15 is 0 Å². The maximum Gasteiger partial charge on any atom is 0.346 e. The Morgan fingerprint density at radius 1 is 1.32 bits per heavy atom. The maximum absolute atomic E-state index is 12.7.